The summed E-state index contributed by atoms with van der Waals surface area (Å²) in [7, 11) is 3.37. The molecule has 276 valence electrons. The maximum absolute atomic E-state index is 15.1. The van der Waals surface area contributed by atoms with Crippen LogP contribution in [0.2, 0.25) is 5.02 Å². The average Bonchev–Trinajstić information content (AvgIpc) is 3.74. The number of nitrogens with zero attached hydrogens (tertiary/aromatic N) is 8. The van der Waals surface area contributed by atoms with E-state index in [-0.39, 0.29) is 34.7 Å². The monoisotopic (exact) mass is 734 g/mol. The van der Waals surface area contributed by atoms with Crippen LogP contribution < -0.4 is 14.5 Å². The van der Waals surface area contributed by atoms with Crippen LogP contribution in [0.25, 0.3) is 10.8 Å². The van der Waals surface area contributed by atoms with Crippen molar-refractivity contribution in [2.75, 3.05) is 56.7 Å². The zero-order valence-corrected chi connectivity index (χ0v) is 30.7. The lowest BCUT2D eigenvalue weighted by atomic mass is 9.95. The summed E-state index contributed by atoms with van der Waals surface area (Å²) in [6.07, 6.45) is 4.21. The highest BCUT2D eigenvalue weighted by Gasteiger charge is 2.49. The number of halogens is 3. The van der Waals surface area contributed by atoms with E-state index in [9.17, 15) is 14.3 Å². The van der Waals surface area contributed by atoms with Crippen molar-refractivity contribution in [1.82, 2.24) is 29.5 Å². The fourth-order valence-corrected chi connectivity index (χ4v) is 9.08. The average molecular weight is 735 g/mol. The molecule has 0 spiro atoms. The van der Waals surface area contributed by atoms with Crippen LogP contribution in [0.1, 0.15) is 72.0 Å². The molecule has 2 saturated heterocycles. The van der Waals surface area contributed by atoms with Gasteiger partial charge in [0, 0.05) is 69.4 Å². The van der Waals surface area contributed by atoms with Gasteiger partial charge in [-0.25, -0.2) is 8.78 Å². The Morgan fingerprint density at radius 3 is 2.73 bits per heavy atom. The van der Waals surface area contributed by atoms with Crippen LogP contribution in [0.4, 0.5) is 20.3 Å². The first kappa shape index (κ1) is 34.8. The topological polar surface area (TPSA) is 103 Å². The molecule has 6 heterocycles. The molecule has 2 aromatic heterocycles. The number of amides is 1. The number of aryl methyl sites for hydroxylation is 2. The third-order valence-corrected chi connectivity index (χ3v) is 11.8. The molecular weight excluding hydrogens is 690 g/mol. The summed E-state index contributed by atoms with van der Waals surface area (Å²) in [5.41, 5.74) is 3.72. The first-order chi connectivity index (χ1) is 25.0. The van der Waals surface area contributed by atoms with Gasteiger partial charge in [-0.05, 0) is 68.2 Å². The van der Waals surface area contributed by atoms with E-state index in [0.29, 0.717) is 75.7 Å². The Kier molecular flexibility index (Phi) is 9.13. The summed E-state index contributed by atoms with van der Waals surface area (Å²) in [6.45, 7) is 6.22. The molecule has 1 amide bonds. The number of phenols is 1. The molecule has 2 atom stereocenters. The smallest absolute Gasteiger partial charge is 0.318 e. The van der Waals surface area contributed by atoms with Crippen LogP contribution in [-0.4, -0.2) is 99.2 Å². The second kappa shape index (κ2) is 13.6. The van der Waals surface area contributed by atoms with E-state index in [1.165, 1.54) is 11.0 Å². The molecule has 52 heavy (non-hydrogen) atoms. The number of ether oxygens (including phenoxy) is 1. The van der Waals surface area contributed by atoms with E-state index in [4.69, 9.17) is 26.3 Å². The van der Waals surface area contributed by atoms with Gasteiger partial charge in [0.15, 0.2) is 5.69 Å². The molecular formula is C38H45ClF2N8O3. The number of aromatic nitrogens is 4. The van der Waals surface area contributed by atoms with Crippen LogP contribution in [0.15, 0.2) is 24.3 Å². The van der Waals surface area contributed by atoms with Gasteiger partial charge in [0.1, 0.15) is 30.2 Å². The van der Waals surface area contributed by atoms with E-state index >= 15 is 4.39 Å². The summed E-state index contributed by atoms with van der Waals surface area (Å²) in [5, 5.41) is 17.3. The number of hydrogen-bond acceptors (Lipinski definition) is 9. The molecule has 4 aliphatic heterocycles. The van der Waals surface area contributed by atoms with Gasteiger partial charge in [0.2, 0.25) is 0 Å². The molecule has 1 N–H and O–H groups in total. The number of phenolic OH excluding ortho intramolecular Hbond substituents is 1. The van der Waals surface area contributed by atoms with Crippen LogP contribution in [0.3, 0.4) is 0 Å². The molecule has 4 aliphatic rings. The number of aromatic hydroxyl groups is 1. The highest BCUT2D eigenvalue weighted by Crippen LogP contribution is 2.42. The fourth-order valence-electron chi connectivity index (χ4n) is 8.80. The van der Waals surface area contributed by atoms with Gasteiger partial charge in [-0.3, -0.25) is 14.4 Å². The zero-order valence-electron chi connectivity index (χ0n) is 30.0. The standard InChI is InChI=1S/C38H45ClF2N8O3/c1-4-26-28(41)9-8-23-16-25(50)17-30(32(23)26)46-15-10-27-29(20-46)42-37(52-22-38-11-7-13-48(38)19-24(40)18-38)43-35(27)47-12-5-6-14-49-31(21-47)33(39)34(44-49)36(51)45(2)3/h8-9,16-17,24,50H,4-7,10-15,18-22H2,1-3H3/t24-,38+/m1/s1. The first-order valence-electron chi connectivity index (χ1n) is 18.4. The second-order valence-electron chi connectivity index (χ2n) is 14.9. The van der Waals surface area contributed by atoms with Crippen molar-refractivity contribution < 1.29 is 23.4 Å². The molecule has 8 rings (SSSR count). The number of anilines is 2. The molecule has 0 saturated carbocycles. The zero-order chi connectivity index (χ0) is 36.3. The summed E-state index contributed by atoms with van der Waals surface area (Å²) in [5.74, 6) is 0.327. The van der Waals surface area contributed by atoms with Crippen molar-refractivity contribution in [3.63, 3.8) is 0 Å². The minimum absolute atomic E-state index is 0.110. The molecule has 11 nitrogen and oxygen atoms in total. The molecule has 2 fully saturated rings. The Morgan fingerprint density at radius 2 is 1.92 bits per heavy atom. The highest BCUT2D eigenvalue weighted by molar-refractivity contribution is 6.34. The van der Waals surface area contributed by atoms with E-state index in [1.807, 2.05) is 11.6 Å². The van der Waals surface area contributed by atoms with Gasteiger partial charge in [0.25, 0.3) is 5.91 Å². The Morgan fingerprint density at radius 1 is 1.10 bits per heavy atom. The summed E-state index contributed by atoms with van der Waals surface area (Å²) < 4.78 is 38.1. The lowest BCUT2D eigenvalue weighted by Crippen LogP contribution is -2.43. The Balaban J connectivity index is 1.19. The number of carbonyl (C=O) groups excluding carboxylic acids is 1. The highest BCUT2D eigenvalue weighted by atomic mass is 35.5. The molecule has 0 bridgehead atoms. The minimum Gasteiger partial charge on any atom is -0.508 e. The van der Waals surface area contributed by atoms with Gasteiger partial charge in [-0.15, -0.1) is 0 Å². The van der Waals surface area contributed by atoms with Crippen molar-refractivity contribution in [3.8, 4) is 11.8 Å². The lowest BCUT2D eigenvalue weighted by molar-refractivity contribution is 0.0821. The molecule has 0 radical (unpaired) electrons. The predicted octanol–water partition coefficient (Wildman–Crippen LogP) is 5.91. The van der Waals surface area contributed by atoms with Crippen LogP contribution in [-0.2, 0) is 32.5 Å². The summed E-state index contributed by atoms with van der Waals surface area (Å²) >= 11 is 6.90. The van der Waals surface area contributed by atoms with Crippen LogP contribution in [0, 0.1) is 5.82 Å². The molecule has 0 aliphatic carbocycles. The van der Waals surface area contributed by atoms with Crippen LogP contribution >= 0.6 is 11.6 Å². The molecule has 14 heteroatoms. The number of alkyl halides is 1. The van der Waals surface area contributed by atoms with Gasteiger partial charge in [0.05, 0.1) is 35.0 Å². The third kappa shape index (κ3) is 6.09. The number of benzene rings is 2. The number of fused-ring (bicyclic) bond motifs is 4. The first-order valence-corrected chi connectivity index (χ1v) is 18.8. The SMILES string of the molecule is CCc1c(F)ccc2cc(O)cc(N3CCc4c(nc(OC[C@@]56CCCN5C[C@H](F)C6)nc4N4CCCCn5nc(C(=O)N(C)C)c(Cl)c5C4)C3)c12. The van der Waals surface area contributed by atoms with Gasteiger partial charge >= 0.3 is 6.01 Å². The van der Waals surface area contributed by atoms with Crippen molar-refractivity contribution in [1.29, 1.82) is 0 Å². The molecule has 0 unspecified atom stereocenters. The Labute approximate surface area is 307 Å². The predicted molar refractivity (Wildman–Crippen MR) is 196 cm³/mol. The van der Waals surface area contributed by atoms with E-state index in [1.54, 1.807) is 32.3 Å². The second-order valence-corrected chi connectivity index (χ2v) is 15.3. The third-order valence-electron chi connectivity index (χ3n) is 11.4. The summed E-state index contributed by atoms with van der Waals surface area (Å²) in [6, 6.07) is 6.78. The minimum atomic E-state index is -0.882. The van der Waals surface area contributed by atoms with Gasteiger partial charge < -0.3 is 24.5 Å². The number of rotatable bonds is 7. The van der Waals surface area contributed by atoms with Crippen molar-refractivity contribution in [2.24, 2.45) is 0 Å². The largest absolute Gasteiger partial charge is 0.508 e. The van der Waals surface area contributed by atoms with Gasteiger partial charge in [-0.1, -0.05) is 24.6 Å². The van der Waals surface area contributed by atoms with Crippen molar-refractivity contribution >= 4 is 39.8 Å². The normalized spacial score (nSPS) is 21.8. The van der Waals surface area contributed by atoms with E-state index in [0.717, 1.165) is 71.5 Å². The van der Waals surface area contributed by atoms with Crippen molar-refractivity contribution in [3.05, 3.63) is 63.3 Å². The molecule has 2 aromatic carbocycles. The van der Waals surface area contributed by atoms with Crippen molar-refractivity contribution in [2.45, 2.75) is 83.2 Å². The number of hydrogen-bond donors (Lipinski definition) is 1. The Hall–Kier alpha value is -4.23. The summed E-state index contributed by atoms with van der Waals surface area (Å²) in [4.78, 5) is 31.1. The molecule has 4 aromatic rings. The fraction of sp³-hybridized carbons (Fsp3) is 0.526. The van der Waals surface area contributed by atoms with Crippen LogP contribution in [0.5, 0.6) is 11.8 Å². The maximum Gasteiger partial charge on any atom is 0.318 e. The quantitative estimate of drug-likeness (QED) is 0.249. The maximum atomic E-state index is 15.1. The number of carbonyl (C=O) groups is 1. The lowest BCUT2D eigenvalue weighted by Gasteiger charge is -2.35. The van der Waals surface area contributed by atoms with E-state index in [2.05, 4.69) is 19.8 Å². The van der Waals surface area contributed by atoms with E-state index < -0.39 is 6.17 Å². The van der Waals surface area contributed by atoms with Gasteiger partial charge in [-0.2, -0.15) is 15.1 Å². The Bertz CT molecular complexity index is 2040.